The van der Waals surface area contributed by atoms with E-state index in [-0.39, 0.29) is 12.1 Å². The van der Waals surface area contributed by atoms with Crippen molar-refractivity contribution in [3.63, 3.8) is 0 Å². The number of urea groups is 1. The van der Waals surface area contributed by atoms with Crippen LogP contribution in [0.4, 0.5) is 10.6 Å². The minimum atomic E-state index is -0.257. The number of hydrogen-bond acceptors (Lipinski definition) is 3. The molecular weight excluding hydrogens is 204 g/mol. The number of amides is 2. The highest BCUT2D eigenvalue weighted by molar-refractivity contribution is 5.88. The van der Waals surface area contributed by atoms with E-state index in [2.05, 4.69) is 27.2 Å². The second-order valence-electron chi connectivity index (χ2n) is 3.32. The van der Waals surface area contributed by atoms with Crippen molar-refractivity contribution >= 4 is 11.8 Å². The Balaban J connectivity index is 2.44. The van der Waals surface area contributed by atoms with Gasteiger partial charge in [0.1, 0.15) is 12.1 Å². The zero-order valence-electron chi connectivity index (χ0n) is 9.31. The average Bonchev–Trinajstić information content (AvgIpc) is 2.29. The molecule has 1 atom stereocenters. The van der Waals surface area contributed by atoms with Crippen LogP contribution >= 0.6 is 0 Å². The van der Waals surface area contributed by atoms with Crippen molar-refractivity contribution in [2.45, 2.75) is 25.8 Å². The van der Waals surface area contributed by atoms with Gasteiger partial charge >= 0.3 is 6.03 Å². The van der Waals surface area contributed by atoms with Crippen molar-refractivity contribution in [2.24, 2.45) is 0 Å². The smallest absolute Gasteiger partial charge is 0.320 e. The first-order valence-electron chi connectivity index (χ1n) is 5.20. The quantitative estimate of drug-likeness (QED) is 0.745. The minimum absolute atomic E-state index is 0.110. The van der Waals surface area contributed by atoms with E-state index in [1.807, 2.05) is 6.92 Å². The Bertz CT molecular complexity index is 339. The minimum Gasteiger partial charge on any atom is -0.335 e. The summed E-state index contributed by atoms with van der Waals surface area (Å²) in [5.74, 6) is 0.487. The lowest BCUT2D eigenvalue weighted by Crippen LogP contribution is -2.37. The molecule has 0 saturated heterocycles. The van der Waals surface area contributed by atoms with Gasteiger partial charge in [-0.1, -0.05) is 13.0 Å². The van der Waals surface area contributed by atoms with Gasteiger partial charge in [-0.3, -0.25) is 5.32 Å². The molecule has 2 N–H and O–H groups in total. The lowest BCUT2D eigenvalue weighted by molar-refractivity contribution is 0.248. The van der Waals surface area contributed by atoms with Gasteiger partial charge in [0.2, 0.25) is 0 Å². The first-order chi connectivity index (χ1) is 7.76. The van der Waals surface area contributed by atoms with Crippen LogP contribution in [0.25, 0.3) is 0 Å². The molecule has 16 heavy (non-hydrogen) atoms. The van der Waals surface area contributed by atoms with Gasteiger partial charge in [-0.25, -0.2) is 14.8 Å². The number of carbonyl (C=O) groups is 1. The number of nitrogens with one attached hydrogen (secondary N) is 2. The number of rotatable bonds is 5. The summed E-state index contributed by atoms with van der Waals surface area (Å²) in [5.41, 5.74) is 0. The molecule has 0 aromatic carbocycles. The molecule has 1 aromatic heterocycles. The zero-order chi connectivity index (χ0) is 11.8. The fraction of sp³-hybridized carbons (Fsp3) is 0.364. The number of anilines is 1. The Morgan fingerprint density at radius 1 is 1.69 bits per heavy atom. The van der Waals surface area contributed by atoms with Crippen LogP contribution in [0.3, 0.4) is 0 Å². The average molecular weight is 220 g/mol. The second kappa shape index (κ2) is 6.55. The molecule has 0 aliphatic rings. The van der Waals surface area contributed by atoms with Crippen molar-refractivity contribution < 1.29 is 4.79 Å². The maximum Gasteiger partial charge on any atom is 0.320 e. The van der Waals surface area contributed by atoms with Crippen LogP contribution in [0.15, 0.2) is 31.2 Å². The van der Waals surface area contributed by atoms with E-state index < -0.39 is 0 Å². The molecule has 1 aromatic rings. The van der Waals surface area contributed by atoms with Gasteiger partial charge in [0.15, 0.2) is 0 Å². The van der Waals surface area contributed by atoms with E-state index in [0.717, 1.165) is 12.8 Å². The summed E-state index contributed by atoms with van der Waals surface area (Å²) >= 11 is 0. The van der Waals surface area contributed by atoms with Crippen molar-refractivity contribution in [2.75, 3.05) is 5.32 Å². The molecule has 0 spiro atoms. The van der Waals surface area contributed by atoms with Crippen molar-refractivity contribution in [1.29, 1.82) is 0 Å². The first-order valence-corrected chi connectivity index (χ1v) is 5.20. The van der Waals surface area contributed by atoms with E-state index in [0.29, 0.717) is 5.82 Å². The van der Waals surface area contributed by atoms with E-state index in [1.54, 1.807) is 18.3 Å². The van der Waals surface area contributed by atoms with Gasteiger partial charge in [-0.2, -0.15) is 0 Å². The van der Waals surface area contributed by atoms with Gasteiger partial charge < -0.3 is 5.32 Å². The Labute approximate surface area is 95.0 Å². The first kappa shape index (κ1) is 12.2. The monoisotopic (exact) mass is 220 g/mol. The number of aromatic nitrogens is 2. The summed E-state index contributed by atoms with van der Waals surface area (Å²) in [6.45, 7) is 5.66. The highest BCUT2D eigenvalue weighted by atomic mass is 16.2. The van der Waals surface area contributed by atoms with Crippen molar-refractivity contribution in [3.05, 3.63) is 31.2 Å². The van der Waals surface area contributed by atoms with E-state index in [4.69, 9.17) is 0 Å². The number of hydrogen-bond donors (Lipinski definition) is 2. The summed E-state index contributed by atoms with van der Waals surface area (Å²) in [6.07, 6.45) is 6.37. The molecule has 0 unspecified atom stereocenters. The third-order valence-corrected chi connectivity index (χ3v) is 2.10. The normalized spacial score (nSPS) is 11.6. The van der Waals surface area contributed by atoms with Crippen LogP contribution < -0.4 is 10.6 Å². The summed E-state index contributed by atoms with van der Waals surface area (Å²) in [4.78, 5) is 19.2. The molecule has 0 radical (unpaired) electrons. The van der Waals surface area contributed by atoms with Crippen LogP contribution in [0, 0.1) is 0 Å². The van der Waals surface area contributed by atoms with Crippen LogP contribution in [0.1, 0.15) is 19.8 Å². The molecule has 5 nitrogen and oxygen atoms in total. The summed E-state index contributed by atoms with van der Waals surface area (Å²) in [7, 11) is 0. The summed E-state index contributed by atoms with van der Waals surface area (Å²) in [6, 6.07) is 1.49. The predicted octanol–water partition coefficient (Wildman–Crippen LogP) is 1.95. The van der Waals surface area contributed by atoms with Gasteiger partial charge in [-0.15, -0.1) is 6.58 Å². The fourth-order valence-corrected chi connectivity index (χ4v) is 1.23. The van der Waals surface area contributed by atoms with Crippen molar-refractivity contribution in [3.8, 4) is 0 Å². The maximum absolute atomic E-state index is 11.5. The van der Waals surface area contributed by atoms with Crippen LogP contribution in [0.2, 0.25) is 0 Å². The molecule has 1 heterocycles. The molecule has 2 amide bonds. The Morgan fingerprint density at radius 3 is 3.06 bits per heavy atom. The lowest BCUT2D eigenvalue weighted by atomic mass is 10.1. The molecule has 0 aliphatic heterocycles. The standard InChI is InChI=1S/C11H16N4O/c1-3-5-9(4-2)14-11(16)15-10-6-7-12-8-13-10/h3,6-9H,1,4-5H2,2H3,(H2,12,13,14,15,16)/t9-/m1/s1. The number of nitrogens with zero attached hydrogens (tertiary/aromatic N) is 2. The van der Waals surface area contributed by atoms with Gasteiger partial charge in [0.05, 0.1) is 0 Å². The largest absolute Gasteiger partial charge is 0.335 e. The van der Waals surface area contributed by atoms with Crippen LogP contribution in [-0.4, -0.2) is 22.0 Å². The van der Waals surface area contributed by atoms with Gasteiger partial charge in [0.25, 0.3) is 0 Å². The molecule has 86 valence electrons. The molecule has 0 bridgehead atoms. The molecule has 0 saturated carbocycles. The lowest BCUT2D eigenvalue weighted by Gasteiger charge is -2.15. The third-order valence-electron chi connectivity index (χ3n) is 2.10. The molecule has 5 heteroatoms. The highest BCUT2D eigenvalue weighted by Gasteiger charge is 2.08. The zero-order valence-corrected chi connectivity index (χ0v) is 9.31. The molecule has 0 aliphatic carbocycles. The van der Waals surface area contributed by atoms with E-state index >= 15 is 0 Å². The summed E-state index contributed by atoms with van der Waals surface area (Å²) in [5, 5.41) is 5.46. The Morgan fingerprint density at radius 2 is 2.50 bits per heavy atom. The fourth-order valence-electron chi connectivity index (χ4n) is 1.23. The Hall–Kier alpha value is -1.91. The topological polar surface area (TPSA) is 66.9 Å². The third kappa shape index (κ3) is 4.08. The molecule has 0 fully saturated rings. The SMILES string of the molecule is C=CC[C@@H](CC)NC(=O)Nc1ccncn1. The maximum atomic E-state index is 11.5. The van der Waals surface area contributed by atoms with E-state index in [1.165, 1.54) is 6.33 Å². The van der Waals surface area contributed by atoms with Crippen LogP contribution in [-0.2, 0) is 0 Å². The molecular formula is C11H16N4O. The Kier molecular flexibility index (Phi) is 4.98. The second-order valence-corrected chi connectivity index (χ2v) is 3.32. The van der Waals surface area contributed by atoms with Crippen molar-refractivity contribution in [1.82, 2.24) is 15.3 Å². The van der Waals surface area contributed by atoms with Gasteiger partial charge in [-0.05, 0) is 18.9 Å². The van der Waals surface area contributed by atoms with Gasteiger partial charge in [0, 0.05) is 12.2 Å². The van der Waals surface area contributed by atoms with Crippen LogP contribution in [0.5, 0.6) is 0 Å². The van der Waals surface area contributed by atoms with E-state index in [9.17, 15) is 4.79 Å². The predicted molar refractivity (Wildman–Crippen MR) is 63.1 cm³/mol. The summed E-state index contributed by atoms with van der Waals surface area (Å²) < 4.78 is 0. The molecule has 1 rings (SSSR count). The highest BCUT2D eigenvalue weighted by Crippen LogP contribution is 2.01. The number of carbonyl (C=O) groups excluding carboxylic acids is 1.